The van der Waals surface area contributed by atoms with E-state index in [0.29, 0.717) is 24.9 Å². The van der Waals surface area contributed by atoms with Crippen molar-refractivity contribution in [1.29, 1.82) is 0 Å². The van der Waals surface area contributed by atoms with Crippen LogP contribution in [0.4, 0.5) is 14.5 Å². The maximum absolute atomic E-state index is 14.3. The first-order valence-corrected chi connectivity index (χ1v) is 10.4. The molecular weight excluding hydrogens is 386 g/mol. The van der Waals surface area contributed by atoms with Crippen molar-refractivity contribution < 1.29 is 22.0 Å². The monoisotopic (exact) mass is 408 g/mol. The van der Waals surface area contributed by atoms with Gasteiger partial charge in [0.2, 0.25) is 10.0 Å². The van der Waals surface area contributed by atoms with Crippen LogP contribution in [-0.4, -0.2) is 38.3 Å². The number of anilines is 1. The third-order valence-corrected chi connectivity index (χ3v) is 7.00. The molecule has 0 unspecified atom stereocenters. The Morgan fingerprint density at radius 1 is 1.14 bits per heavy atom. The molecule has 2 aromatic rings. The number of carbonyl (C=O) groups is 1. The van der Waals surface area contributed by atoms with Gasteiger partial charge in [-0.2, -0.15) is 4.31 Å². The molecule has 1 heterocycles. The third-order valence-electron chi connectivity index (χ3n) is 4.96. The van der Waals surface area contributed by atoms with E-state index < -0.39 is 27.6 Å². The second kappa shape index (κ2) is 7.60. The lowest BCUT2D eigenvalue weighted by Crippen LogP contribution is -2.36. The van der Waals surface area contributed by atoms with Crippen LogP contribution in [0.3, 0.4) is 0 Å². The molecule has 150 valence electrons. The minimum absolute atomic E-state index is 0.0764. The van der Waals surface area contributed by atoms with Crippen molar-refractivity contribution >= 4 is 21.6 Å². The number of hydrogen-bond donors (Lipinski definition) is 0. The highest BCUT2D eigenvalue weighted by atomic mass is 32.2. The molecule has 0 bridgehead atoms. The molecule has 2 aromatic carbocycles. The normalized spacial score (nSPS) is 14.5. The Bertz CT molecular complexity index is 1000. The van der Waals surface area contributed by atoms with Gasteiger partial charge in [0, 0.05) is 31.3 Å². The highest BCUT2D eigenvalue weighted by Gasteiger charge is 2.28. The highest BCUT2D eigenvalue weighted by Crippen LogP contribution is 2.32. The minimum Gasteiger partial charge on any atom is -0.305 e. The molecule has 0 saturated carbocycles. The highest BCUT2D eigenvalue weighted by molar-refractivity contribution is 7.89. The summed E-state index contributed by atoms with van der Waals surface area (Å²) in [4.78, 5) is 14.3. The first-order valence-electron chi connectivity index (χ1n) is 9.01. The van der Waals surface area contributed by atoms with E-state index in [1.165, 1.54) is 46.6 Å². The first kappa shape index (κ1) is 20.4. The zero-order chi connectivity index (χ0) is 20.6. The van der Waals surface area contributed by atoms with Crippen molar-refractivity contribution in [3.63, 3.8) is 0 Å². The van der Waals surface area contributed by atoms with E-state index in [9.17, 15) is 22.0 Å². The van der Waals surface area contributed by atoms with Gasteiger partial charge in [0.15, 0.2) is 0 Å². The van der Waals surface area contributed by atoms with Crippen molar-refractivity contribution in [3.05, 3.63) is 59.2 Å². The van der Waals surface area contributed by atoms with Crippen LogP contribution >= 0.6 is 0 Å². The van der Waals surface area contributed by atoms with Crippen LogP contribution in [0.5, 0.6) is 0 Å². The van der Waals surface area contributed by atoms with Crippen LogP contribution in [-0.2, 0) is 16.4 Å². The number of hydrogen-bond acceptors (Lipinski definition) is 3. The molecule has 1 aliphatic heterocycles. The van der Waals surface area contributed by atoms with E-state index in [1.807, 2.05) is 0 Å². The molecule has 0 fully saturated rings. The average Bonchev–Trinajstić information content (AvgIpc) is 2.66. The Kier molecular flexibility index (Phi) is 5.54. The quantitative estimate of drug-likeness (QED) is 0.777. The summed E-state index contributed by atoms with van der Waals surface area (Å²) < 4.78 is 54.1. The van der Waals surface area contributed by atoms with E-state index >= 15 is 0 Å². The van der Waals surface area contributed by atoms with Crippen molar-refractivity contribution in [3.8, 4) is 0 Å². The number of rotatable bonds is 4. The number of halogens is 2. The number of sulfonamides is 1. The smallest absolute Gasteiger partial charge is 0.258 e. The van der Waals surface area contributed by atoms with E-state index in [4.69, 9.17) is 0 Å². The topological polar surface area (TPSA) is 57.7 Å². The van der Waals surface area contributed by atoms with Gasteiger partial charge in [-0.3, -0.25) is 4.79 Å². The van der Waals surface area contributed by atoms with E-state index in [0.717, 1.165) is 6.07 Å². The SMILES string of the molecule is CC(C)N(C)S(=O)(=O)c1ccc(C(=O)N2CCCc3cc(F)cc(F)c32)cc1. The summed E-state index contributed by atoms with van der Waals surface area (Å²) in [7, 11) is -2.17. The van der Waals surface area contributed by atoms with Crippen LogP contribution in [0.2, 0.25) is 0 Å². The second-order valence-electron chi connectivity index (χ2n) is 7.10. The Morgan fingerprint density at radius 2 is 1.79 bits per heavy atom. The predicted octanol–water partition coefficient (Wildman–Crippen LogP) is 3.59. The van der Waals surface area contributed by atoms with Crippen molar-refractivity contribution in [1.82, 2.24) is 4.31 Å². The molecule has 0 saturated heterocycles. The molecule has 28 heavy (non-hydrogen) atoms. The Labute approximate surface area is 163 Å². The summed E-state index contributed by atoms with van der Waals surface area (Å²) >= 11 is 0. The van der Waals surface area contributed by atoms with E-state index in [2.05, 4.69) is 0 Å². The van der Waals surface area contributed by atoms with E-state index in [-0.39, 0.29) is 22.2 Å². The average molecular weight is 408 g/mol. The molecule has 3 rings (SSSR count). The van der Waals surface area contributed by atoms with Gasteiger partial charge in [0.1, 0.15) is 11.6 Å². The third kappa shape index (κ3) is 3.66. The lowest BCUT2D eigenvalue weighted by atomic mass is 10.00. The first-order chi connectivity index (χ1) is 13.1. The van der Waals surface area contributed by atoms with E-state index in [1.54, 1.807) is 13.8 Å². The fourth-order valence-corrected chi connectivity index (χ4v) is 4.59. The van der Waals surface area contributed by atoms with Gasteiger partial charge in [-0.1, -0.05) is 0 Å². The van der Waals surface area contributed by atoms with Gasteiger partial charge in [0.05, 0.1) is 10.6 Å². The Balaban J connectivity index is 1.92. The molecule has 8 heteroatoms. The van der Waals surface area contributed by atoms with Crippen molar-refractivity contribution in [2.45, 2.75) is 37.6 Å². The maximum atomic E-state index is 14.3. The number of aryl methyl sites for hydroxylation is 1. The van der Waals surface area contributed by atoms with Crippen LogP contribution in [0.1, 0.15) is 36.2 Å². The number of carbonyl (C=O) groups excluding carboxylic acids is 1. The van der Waals surface area contributed by atoms with Gasteiger partial charge in [0.25, 0.3) is 5.91 Å². The number of nitrogens with zero attached hydrogens (tertiary/aromatic N) is 2. The predicted molar refractivity (Wildman–Crippen MR) is 103 cm³/mol. The number of fused-ring (bicyclic) bond motifs is 1. The summed E-state index contributed by atoms with van der Waals surface area (Å²) in [6.07, 6.45) is 1.08. The zero-order valence-corrected chi connectivity index (χ0v) is 16.8. The molecule has 1 aliphatic rings. The van der Waals surface area contributed by atoms with Crippen LogP contribution < -0.4 is 4.90 Å². The molecule has 0 N–H and O–H groups in total. The van der Waals surface area contributed by atoms with Crippen molar-refractivity contribution in [2.75, 3.05) is 18.5 Å². The molecule has 0 aliphatic carbocycles. The molecular formula is C20H22F2N2O3S. The molecule has 0 aromatic heterocycles. The molecule has 1 amide bonds. The fraction of sp³-hybridized carbons (Fsp3) is 0.350. The summed E-state index contributed by atoms with van der Waals surface area (Å²) in [5, 5.41) is 0. The Hall–Kier alpha value is -2.32. The maximum Gasteiger partial charge on any atom is 0.258 e. The van der Waals surface area contributed by atoms with Crippen LogP contribution in [0.25, 0.3) is 0 Å². The van der Waals surface area contributed by atoms with Crippen molar-refractivity contribution in [2.24, 2.45) is 0 Å². The largest absolute Gasteiger partial charge is 0.305 e. The number of amides is 1. The second-order valence-corrected chi connectivity index (χ2v) is 9.09. The summed E-state index contributed by atoms with van der Waals surface area (Å²) in [5.74, 6) is -1.90. The Morgan fingerprint density at radius 3 is 2.39 bits per heavy atom. The lowest BCUT2D eigenvalue weighted by molar-refractivity contribution is 0.0984. The lowest BCUT2D eigenvalue weighted by Gasteiger charge is -2.30. The summed E-state index contributed by atoms with van der Waals surface area (Å²) in [6.45, 7) is 3.84. The van der Waals surface area contributed by atoms with Gasteiger partial charge in [-0.25, -0.2) is 17.2 Å². The molecule has 0 spiro atoms. The molecule has 0 atom stereocenters. The fourth-order valence-electron chi connectivity index (χ4n) is 3.22. The van der Waals surface area contributed by atoms with Crippen LogP contribution in [0.15, 0.2) is 41.3 Å². The van der Waals surface area contributed by atoms with Gasteiger partial charge < -0.3 is 4.90 Å². The summed E-state index contributed by atoms with van der Waals surface area (Å²) in [5.41, 5.74) is 0.784. The zero-order valence-electron chi connectivity index (χ0n) is 15.9. The van der Waals surface area contributed by atoms with Gasteiger partial charge in [-0.05, 0) is 62.6 Å². The molecule has 0 radical (unpaired) electrons. The number of benzene rings is 2. The minimum atomic E-state index is -3.66. The summed E-state index contributed by atoms with van der Waals surface area (Å²) in [6, 6.07) is 7.37. The molecule has 5 nitrogen and oxygen atoms in total. The standard InChI is InChI=1S/C20H22F2N2O3S/c1-13(2)23(3)28(26,27)17-8-6-14(7-9-17)20(25)24-10-4-5-15-11-16(21)12-18(22)19(15)24/h6-9,11-13H,4-5,10H2,1-3H3. The van der Waals surface area contributed by atoms with Crippen LogP contribution in [0, 0.1) is 11.6 Å². The van der Waals surface area contributed by atoms with Gasteiger partial charge in [-0.15, -0.1) is 0 Å². The van der Waals surface area contributed by atoms with Gasteiger partial charge >= 0.3 is 0 Å².